The first-order chi connectivity index (χ1) is 10.2. The van der Waals surface area contributed by atoms with Crippen LogP contribution in [0.1, 0.15) is 33.1 Å². The van der Waals surface area contributed by atoms with Crippen molar-refractivity contribution in [3.63, 3.8) is 0 Å². The van der Waals surface area contributed by atoms with E-state index in [2.05, 4.69) is 0 Å². The molecule has 0 aliphatic carbocycles. The molecule has 0 radical (unpaired) electrons. The molecule has 0 bridgehead atoms. The van der Waals surface area contributed by atoms with Crippen LogP contribution >= 0.6 is 0 Å². The molecule has 0 aromatic carbocycles. The van der Waals surface area contributed by atoms with Crippen molar-refractivity contribution < 1.29 is 23.7 Å². The summed E-state index contributed by atoms with van der Waals surface area (Å²) in [7, 11) is 1.63. The fourth-order valence-electron chi connectivity index (χ4n) is 2.11. The van der Waals surface area contributed by atoms with Crippen LogP contribution < -0.4 is 5.73 Å². The molecule has 0 aromatic heterocycles. The molecular weight excluding hydrogens is 274 g/mol. The first kappa shape index (κ1) is 20.3. The van der Waals surface area contributed by atoms with Gasteiger partial charge in [-0.15, -0.1) is 0 Å². The number of rotatable bonds is 14. The van der Waals surface area contributed by atoms with E-state index < -0.39 is 5.41 Å². The Kier molecular flexibility index (Phi) is 12.6. The highest BCUT2D eigenvalue weighted by molar-refractivity contribution is 5.77. The minimum Gasteiger partial charge on any atom is -0.466 e. The van der Waals surface area contributed by atoms with Crippen molar-refractivity contribution in [2.45, 2.75) is 33.1 Å². The van der Waals surface area contributed by atoms with E-state index in [-0.39, 0.29) is 12.5 Å². The Hall–Kier alpha value is -0.690. The summed E-state index contributed by atoms with van der Waals surface area (Å²) in [5.41, 5.74) is 5.20. The van der Waals surface area contributed by atoms with Gasteiger partial charge in [-0.2, -0.15) is 0 Å². The average molecular weight is 305 g/mol. The van der Waals surface area contributed by atoms with Gasteiger partial charge in [0.25, 0.3) is 0 Å². The van der Waals surface area contributed by atoms with Gasteiger partial charge in [0.2, 0.25) is 0 Å². The van der Waals surface area contributed by atoms with Crippen molar-refractivity contribution in [1.82, 2.24) is 0 Å². The first-order valence-corrected chi connectivity index (χ1v) is 7.68. The summed E-state index contributed by atoms with van der Waals surface area (Å²) in [6.07, 6.45) is 2.18. The van der Waals surface area contributed by atoms with E-state index in [0.29, 0.717) is 46.1 Å². The van der Waals surface area contributed by atoms with Crippen molar-refractivity contribution in [1.29, 1.82) is 0 Å². The molecule has 126 valence electrons. The molecule has 1 unspecified atom stereocenters. The van der Waals surface area contributed by atoms with E-state index in [9.17, 15) is 4.79 Å². The number of carbonyl (C=O) groups is 1. The van der Waals surface area contributed by atoms with Crippen molar-refractivity contribution in [3.8, 4) is 0 Å². The lowest BCUT2D eigenvalue weighted by Crippen LogP contribution is -2.41. The highest BCUT2D eigenvalue weighted by atomic mass is 16.5. The quantitative estimate of drug-likeness (QED) is 0.385. The molecular formula is C15H31NO5. The van der Waals surface area contributed by atoms with Gasteiger partial charge in [0, 0.05) is 20.3 Å². The maximum Gasteiger partial charge on any atom is 0.313 e. The number of nitrogens with two attached hydrogens (primary N) is 1. The largest absolute Gasteiger partial charge is 0.466 e. The Balaban J connectivity index is 4.04. The predicted molar refractivity (Wildman–Crippen MR) is 81.2 cm³/mol. The van der Waals surface area contributed by atoms with Crippen LogP contribution in [-0.2, 0) is 23.7 Å². The number of esters is 1. The zero-order chi connectivity index (χ0) is 16.0. The monoisotopic (exact) mass is 305 g/mol. The fraction of sp³-hybridized carbons (Fsp3) is 0.933. The summed E-state index contributed by atoms with van der Waals surface area (Å²) in [6.45, 7) is 7.13. The molecule has 6 heteroatoms. The summed E-state index contributed by atoms with van der Waals surface area (Å²) in [5.74, 6) is -0.214. The van der Waals surface area contributed by atoms with Crippen LogP contribution in [0.15, 0.2) is 0 Å². The molecule has 2 N–H and O–H groups in total. The van der Waals surface area contributed by atoms with E-state index in [1.54, 1.807) is 14.0 Å². The van der Waals surface area contributed by atoms with E-state index in [1.807, 2.05) is 6.92 Å². The van der Waals surface area contributed by atoms with E-state index in [0.717, 1.165) is 12.8 Å². The number of carbonyl (C=O) groups excluding carboxylic acids is 1. The maximum absolute atomic E-state index is 12.1. The molecule has 0 aliphatic heterocycles. The number of ether oxygens (including phenoxy) is 4. The van der Waals surface area contributed by atoms with Crippen LogP contribution in [0.2, 0.25) is 0 Å². The molecule has 0 aliphatic rings. The van der Waals surface area contributed by atoms with Gasteiger partial charge in [0.15, 0.2) is 0 Å². The van der Waals surface area contributed by atoms with Crippen LogP contribution in [0.25, 0.3) is 0 Å². The summed E-state index contributed by atoms with van der Waals surface area (Å²) >= 11 is 0. The number of hydrogen-bond acceptors (Lipinski definition) is 6. The molecule has 0 spiro atoms. The van der Waals surface area contributed by atoms with Gasteiger partial charge < -0.3 is 24.7 Å². The highest BCUT2D eigenvalue weighted by Gasteiger charge is 2.37. The predicted octanol–water partition coefficient (Wildman–Crippen LogP) is 1.36. The summed E-state index contributed by atoms with van der Waals surface area (Å²) in [5, 5.41) is 0. The molecule has 6 nitrogen and oxygen atoms in total. The number of methoxy groups -OCH3 is 1. The van der Waals surface area contributed by atoms with Crippen molar-refractivity contribution in [2.24, 2.45) is 11.1 Å². The minimum absolute atomic E-state index is 0.214. The zero-order valence-electron chi connectivity index (χ0n) is 13.7. The van der Waals surface area contributed by atoms with Gasteiger partial charge in [0.05, 0.1) is 38.4 Å². The maximum atomic E-state index is 12.1. The van der Waals surface area contributed by atoms with Crippen LogP contribution in [0.3, 0.4) is 0 Å². The fourth-order valence-corrected chi connectivity index (χ4v) is 2.11. The van der Waals surface area contributed by atoms with E-state index in [1.165, 1.54) is 0 Å². The second kappa shape index (κ2) is 13.0. The Labute approximate surface area is 128 Å². The summed E-state index contributed by atoms with van der Waals surface area (Å²) in [4.78, 5) is 12.1. The third-order valence-corrected chi connectivity index (χ3v) is 3.36. The lowest BCUT2D eigenvalue weighted by atomic mass is 9.80. The topological polar surface area (TPSA) is 80.0 Å². The molecule has 0 rings (SSSR count). The van der Waals surface area contributed by atoms with Gasteiger partial charge in [-0.3, -0.25) is 4.79 Å². The van der Waals surface area contributed by atoms with Crippen LogP contribution in [0, 0.1) is 5.41 Å². The van der Waals surface area contributed by atoms with Crippen molar-refractivity contribution >= 4 is 5.97 Å². The molecule has 0 saturated carbocycles. The molecule has 0 saturated heterocycles. The van der Waals surface area contributed by atoms with Gasteiger partial charge in [-0.05, 0) is 19.8 Å². The Morgan fingerprint density at radius 1 is 1.00 bits per heavy atom. The molecule has 21 heavy (non-hydrogen) atoms. The van der Waals surface area contributed by atoms with Gasteiger partial charge in [-0.25, -0.2) is 0 Å². The van der Waals surface area contributed by atoms with Gasteiger partial charge in [-0.1, -0.05) is 13.3 Å². The molecule has 1 atom stereocenters. The Morgan fingerprint density at radius 3 is 2.14 bits per heavy atom. The average Bonchev–Trinajstić information content (AvgIpc) is 2.49. The smallest absolute Gasteiger partial charge is 0.313 e. The standard InChI is InChI=1S/C15H31NO5/c1-4-6-15(13-16,14(17)21-5-2)7-8-19-11-12-20-10-9-18-3/h4-13,16H2,1-3H3. The Bertz CT molecular complexity index is 262. The first-order valence-electron chi connectivity index (χ1n) is 7.68. The molecule has 0 aromatic rings. The second-order valence-electron chi connectivity index (χ2n) is 4.92. The third-order valence-electron chi connectivity index (χ3n) is 3.36. The highest BCUT2D eigenvalue weighted by Crippen LogP contribution is 2.29. The van der Waals surface area contributed by atoms with Crippen LogP contribution in [-0.4, -0.2) is 59.3 Å². The van der Waals surface area contributed by atoms with Crippen LogP contribution in [0.5, 0.6) is 0 Å². The Morgan fingerprint density at radius 2 is 1.62 bits per heavy atom. The third kappa shape index (κ3) is 8.36. The van der Waals surface area contributed by atoms with Gasteiger partial charge >= 0.3 is 5.97 Å². The van der Waals surface area contributed by atoms with Crippen molar-refractivity contribution in [2.75, 3.05) is 53.3 Å². The molecule has 0 heterocycles. The zero-order valence-corrected chi connectivity index (χ0v) is 13.7. The number of hydrogen-bond donors (Lipinski definition) is 1. The minimum atomic E-state index is -0.623. The lowest BCUT2D eigenvalue weighted by molar-refractivity contribution is -0.156. The van der Waals surface area contributed by atoms with Crippen LogP contribution in [0.4, 0.5) is 0 Å². The van der Waals surface area contributed by atoms with Gasteiger partial charge in [0.1, 0.15) is 0 Å². The molecule has 0 fully saturated rings. The normalized spacial score (nSPS) is 13.9. The second-order valence-corrected chi connectivity index (χ2v) is 4.92. The van der Waals surface area contributed by atoms with Crippen molar-refractivity contribution in [3.05, 3.63) is 0 Å². The molecule has 0 amide bonds. The SMILES string of the molecule is CCCC(CN)(CCOCCOCCOC)C(=O)OCC. The summed E-state index contributed by atoms with van der Waals surface area (Å²) < 4.78 is 20.9. The van der Waals surface area contributed by atoms with E-state index >= 15 is 0 Å². The van der Waals surface area contributed by atoms with E-state index in [4.69, 9.17) is 24.7 Å². The lowest BCUT2D eigenvalue weighted by Gasteiger charge is -2.29. The summed E-state index contributed by atoms with van der Waals surface area (Å²) in [6, 6.07) is 0.